The van der Waals surface area contributed by atoms with Gasteiger partial charge in [-0.3, -0.25) is 14.5 Å². The summed E-state index contributed by atoms with van der Waals surface area (Å²) in [5.41, 5.74) is 3.21. The zero-order chi connectivity index (χ0) is 20.4. The summed E-state index contributed by atoms with van der Waals surface area (Å²) in [7, 11) is 0. The van der Waals surface area contributed by atoms with E-state index in [0.29, 0.717) is 26.1 Å². The Kier molecular flexibility index (Phi) is 9.07. The molecular formula is C24H28Cl2N2O2S. The van der Waals surface area contributed by atoms with E-state index < -0.39 is 0 Å². The van der Waals surface area contributed by atoms with Crippen molar-refractivity contribution in [1.29, 1.82) is 0 Å². The molecule has 0 aliphatic carbocycles. The maximum atomic E-state index is 12.7. The molecule has 1 saturated heterocycles. The Balaban J connectivity index is 0.00000171. The molecule has 2 aromatic carbocycles. The first-order valence-electron chi connectivity index (χ1n) is 10.1. The van der Waals surface area contributed by atoms with Crippen LogP contribution >= 0.6 is 36.2 Å². The summed E-state index contributed by atoms with van der Waals surface area (Å²) in [6.07, 6.45) is 0.493. The summed E-state index contributed by atoms with van der Waals surface area (Å²) in [5, 5.41) is 1.27. The average Bonchev–Trinajstić information content (AvgIpc) is 3.03. The van der Waals surface area contributed by atoms with Gasteiger partial charge in [0, 0.05) is 47.7 Å². The molecule has 4 rings (SSSR count). The van der Waals surface area contributed by atoms with Gasteiger partial charge in [-0.25, -0.2) is 0 Å². The van der Waals surface area contributed by atoms with Gasteiger partial charge < -0.3 is 4.90 Å². The number of nitrogens with zero attached hydrogens (tertiary/aromatic N) is 2. The minimum atomic E-state index is 0. The molecule has 1 fully saturated rings. The van der Waals surface area contributed by atoms with Gasteiger partial charge in [0.25, 0.3) is 5.91 Å². The van der Waals surface area contributed by atoms with Crippen LogP contribution in [0.3, 0.4) is 0 Å². The Bertz CT molecular complexity index is 1040. The summed E-state index contributed by atoms with van der Waals surface area (Å²) in [4.78, 5) is 30.5. The maximum Gasteiger partial charge on any atom is 0.253 e. The zero-order valence-corrected chi connectivity index (χ0v) is 20.2. The Labute approximate surface area is 200 Å². The van der Waals surface area contributed by atoms with Crippen molar-refractivity contribution in [3.05, 3.63) is 70.1 Å². The molecule has 0 saturated carbocycles. The molecule has 0 spiro atoms. The molecule has 1 aromatic heterocycles. The second-order valence-corrected chi connectivity index (χ2v) is 8.94. The van der Waals surface area contributed by atoms with Crippen molar-refractivity contribution in [2.75, 3.05) is 32.7 Å². The lowest BCUT2D eigenvalue weighted by atomic mass is 10.1. The first-order chi connectivity index (χ1) is 14.0. The number of ketones is 1. The van der Waals surface area contributed by atoms with E-state index in [9.17, 15) is 9.59 Å². The van der Waals surface area contributed by atoms with Crippen LogP contribution in [0.15, 0.2) is 48.5 Å². The summed E-state index contributed by atoms with van der Waals surface area (Å²) in [6, 6.07) is 15.9. The fourth-order valence-corrected chi connectivity index (χ4v) is 5.13. The first-order valence-corrected chi connectivity index (χ1v) is 10.9. The first kappa shape index (κ1) is 25.3. The largest absolute Gasteiger partial charge is 0.336 e. The lowest BCUT2D eigenvalue weighted by Gasteiger charge is -2.34. The van der Waals surface area contributed by atoms with Crippen molar-refractivity contribution >= 4 is 57.9 Å². The SMILES string of the molecule is Cc1ccc2sc(CC(=O)CN3CCN(C(=O)c4ccccc4)CC3)c(C)c2c1.Cl.Cl. The lowest BCUT2D eigenvalue weighted by Crippen LogP contribution is -2.50. The lowest BCUT2D eigenvalue weighted by molar-refractivity contribution is -0.119. The molecule has 0 unspecified atom stereocenters. The van der Waals surface area contributed by atoms with Gasteiger partial charge in [0.15, 0.2) is 5.78 Å². The highest BCUT2D eigenvalue weighted by molar-refractivity contribution is 7.19. The van der Waals surface area contributed by atoms with Crippen LogP contribution in [0.1, 0.15) is 26.4 Å². The second kappa shape index (κ2) is 11.1. The van der Waals surface area contributed by atoms with E-state index in [1.807, 2.05) is 35.2 Å². The molecule has 7 heteroatoms. The molecule has 31 heavy (non-hydrogen) atoms. The number of carbonyl (C=O) groups is 2. The monoisotopic (exact) mass is 478 g/mol. The number of rotatable bonds is 5. The third-order valence-corrected chi connectivity index (χ3v) is 6.90. The van der Waals surface area contributed by atoms with E-state index in [2.05, 4.69) is 36.9 Å². The van der Waals surface area contributed by atoms with Crippen molar-refractivity contribution in [2.24, 2.45) is 0 Å². The van der Waals surface area contributed by atoms with Crippen LogP contribution in [0.4, 0.5) is 0 Å². The normalized spacial score (nSPS) is 14.1. The summed E-state index contributed by atoms with van der Waals surface area (Å²) >= 11 is 1.73. The van der Waals surface area contributed by atoms with E-state index in [1.54, 1.807) is 11.3 Å². The third kappa shape index (κ3) is 5.86. The second-order valence-electron chi connectivity index (χ2n) is 7.80. The molecule has 1 aliphatic heterocycles. The Morgan fingerprint density at radius 2 is 1.61 bits per heavy atom. The van der Waals surface area contributed by atoms with E-state index in [0.717, 1.165) is 18.7 Å². The van der Waals surface area contributed by atoms with Gasteiger partial charge in [-0.15, -0.1) is 36.2 Å². The molecule has 0 atom stereocenters. The van der Waals surface area contributed by atoms with Crippen molar-refractivity contribution in [3.63, 3.8) is 0 Å². The number of aryl methyl sites for hydroxylation is 2. The smallest absolute Gasteiger partial charge is 0.253 e. The van der Waals surface area contributed by atoms with Crippen LogP contribution in [0.25, 0.3) is 10.1 Å². The summed E-state index contributed by atoms with van der Waals surface area (Å²) in [5.74, 6) is 0.326. The highest BCUT2D eigenvalue weighted by atomic mass is 35.5. The highest BCUT2D eigenvalue weighted by Gasteiger charge is 2.23. The predicted octanol–water partition coefficient (Wildman–Crippen LogP) is 4.93. The summed E-state index contributed by atoms with van der Waals surface area (Å²) < 4.78 is 1.25. The van der Waals surface area contributed by atoms with Crippen LogP contribution in [0.2, 0.25) is 0 Å². The number of fused-ring (bicyclic) bond motifs is 1. The predicted molar refractivity (Wildman–Crippen MR) is 133 cm³/mol. The van der Waals surface area contributed by atoms with Gasteiger partial charge in [0.05, 0.1) is 6.54 Å². The van der Waals surface area contributed by atoms with Gasteiger partial charge in [-0.1, -0.05) is 35.9 Å². The molecular weight excluding hydrogens is 451 g/mol. The number of piperazine rings is 1. The Morgan fingerprint density at radius 3 is 2.29 bits per heavy atom. The molecule has 166 valence electrons. The topological polar surface area (TPSA) is 40.6 Å². The Hall–Kier alpha value is -1.92. The Morgan fingerprint density at radius 1 is 0.935 bits per heavy atom. The molecule has 0 radical (unpaired) electrons. The number of halogens is 2. The van der Waals surface area contributed by atoms with Crippen LogP contribution < -0.4 is 0 Å². The fraction of sp³-hybridized carbons (Fsp3) is 0.333. The van der Waals surface area contributed by atoms with Gasteiger partial charge >= 0.3 is 0 Å². The minimum absolute atomic E-state index is 0. The maximum absolute atomic E-state index is 12.7. The van der Waals surface area contributed by atoms with E-state index in [-0.39, 0.29) is 36.5 Å². The number of amides is 1. The summed E-state index contributed by atoms with van der Waals surface area (Å²) in [6.45, 7) is 7.51. The van der Waals surface area contributed by atoms with Crippen molar-refractivity contribution in [1.82, 2.24) is 9.80 Å². The number of carbonyl (C=O) groups excluding carboxylic acids is 2. The third-order valence-electron chi connectivity index (χ3n) is 5.63. The number of thiophene rings is 1. The van der Waals surface area contributed by atoms with Crippen LogP contribution in [-0.4, -0.2) is 54.2 Å². The molecule has 4 nitrogen and oxygen atoms in total. The number of hydrogen-bond acceptors (Lipinski definition) is 4. The zero-order valence-electron chi connectivity index (χ0n) is 17.8. The van der Waals surface area contributed by atoms with Crippen LogP contribution in [0.5, 0.6) is 0 Å². The quantitative estimate of drug-likeness (QED) is 0.521. The van der Waals surface area contributed by atoms with Gasteiger partial charge in [0.2, 0.25) is 0 Å². The van der Waals surface area contributed by atoms with Gasteiger partial charge in [-0.05, 0) is 43.0 Å². The number of Topliss-reactive ketones (excluding diaryl/α,β-unsaturated/α-hetero) is 1. The van der Waals surface area contributed by atoms with Crippen LogP contribution in [0, 0.1) is 13.8 Å². The molecule has 2 heterocycles. The van der Waals surface area contributed by atoms with E-state index in [1.165, 1.54) is 26.1 Å². The standard InChI is InChI=1S/C24H26N2O2S.2ClH/c1-17-8-9-22-21(14-17)18(2)23(29-22)15-20(27)16-25-10-12-26(13-11-25)24(28)19-6-4-3-5-7-19;;/h3-9,14H,10-13,15-16H2,1-2H3;2*1H. The van der Waals surface area contributed by atoms with E-state index in [4.69, 9.17) is 0 Å². The number of benzene rings is 2. The van der Waals surface area contributed by atoms with Crippen LogP contribution in [-0.2, 0) is 11.2 Å². The van der Waals surface area contributed by atoms with Gasteiger partial charge in [-0.2, -0.15) is 0 Å². The number of hydrogen-bond donors (Lipinski definition) is 0. The molecule has 1 aliphatic rings. The van der Waals surface area contributed by atoms with E-state index >= 15 is 0 Å². The molecule has 3 aromatic rings. The highest BCUT2D eigenvalue weighted by Crippen LogP contribution is 2.32. The van der Waals surface area contributed by atoms with Crippen molar-refractivity contribution in [2.45, 2.75) is 20.3 Å². The minimum Gasteiger partial charge on any atom is -0.336 e. The average molecular weight is 479 g/mol. The van der Waals surface area contributed by atoms with Crippen molar-refractivity contribution in [3.8, 4) is 0 Å². The van der Waals surface area contributed by atoms with Crippen molar-refractivity contribution < 1.29 is 9.59 Å². The molecule has 1 amide bonds. The fourth-order valence-electron chi connectivity index (χ4n) is 3.91. The van der Waals surface area contributed by atoms with Gasteiger partial charge in [0.1, 0.15) is 0 Å². The molecule has 0 bridgehead atoms. The molecule has 0 N–H and O–H groups in total.